The molecule has 1 fully saturated rings. The molecular weight excluding hydrogens is 286 g/mol. The average Bonchev–Trinajstić information content (AvgIpc) is 2.45. The standard InChI is InChI=1S/C15H33N3O2S/c1-4-16-11-5-13-18(3)21(19,20)17-12-10-15-8-6-14(2)7-9-15/h14-17H,4-13H2,1-3H3. The molecule has 0 unspecified atom stereocenters. The lowest BCUT2D eigenvalue weighted by Gasteiger charge is -2.26. The Kier molecular flexibility index (Phi) is 8.78. The highest BCUT2D eigenvalue weighted by molar-refractivity contribution is 7.87. The van der Waals surface area contributed by atoms with Gasteiger partial charge in [0, 0.05) is 20.1 Å². The Morgan fingerprint density at radius 3 is 2.43 bits per heavy atom. The molecule has 126 valence electrons. The minimum atomic E-state index is -3.30. The van der Waals surface area contributed by atoms with Gasteiger partial charge in [0.1, 0.15) is 0 Å². The van der Waals surface area contributed by atoms with E-state index in [9.17, 15) is 8.42 Å². The van der Waals surface area contributed by atoms with E-state index >= 15 is 0 Å². The molecule has 0 aliphatic heterocycles. The van der Waals surface area contributed by atoms with Gasteiger partial charge in [-0.1, -0.05) is 39.5 Å². The molecule has 0 amide bonds. The van der Waals surface area contributed by atoms with Crippen molar-refractivity contribution < 1.29 is 8.42 Å². The van der Waals surface area contributed by atoms with E-state index in [-0.39, 0.29) is 0 Å². The maximum atomic E-state index is 12.1. The highest BCUT2D eigenvalue weighted by atomic mass is 32.2. The first-order valence-electron chi connectivity index (χ1n) is 8.37. The third-order valence-corrected chi connectivity index (χ3v) is 6.03. The Bertz CT molecular complexity index is 365. The molecule has 1 rings (SSSR count). The Morgan fingerprint density at radius 1 is 1.14 bits per heavy atom. The van der Waals surface area contributed by atoms with E-state index in [4.69, 9.17) is 0 Å². The molecule has 6 heteroatoms. The normalized spacial score (nSPS) is 23.6. The van der Waals surface area contributed by atoms with Gasteiger partial charge in [-0.2, -0.15) is 12.7 Å². The molecule has 0 heterocycles. The van der Waals surface area contributed by atoms with Crippen LogP contribution in [0.15, 0.2) is 0 Å². The van der Waals surface area contributed by atoms with Gasteiger partial charge in [-0.3, -0.25) is 0 Å². The molecule has 0 radical (unpaired) electrons. The third-order valence-electron chi connectivity index (χ3n) is 4.46. The van der Waals surface area contributed by atoms with Crippen LogP contribution in [0.5, 0.6) is 0 Å². The minimum Gasteiger partial charge on any atom is -0.317 e. The van der Waals surface area contributed by atoms with E-state index in [0.29, 0.717) is 19.0 Å². The molecule has 5 nitrogen and oxygen atoms in total. The second-order valence-corrected chi connectivity index (χ2v) is 8.20. The van der Waals surface area contributed by atoms with Crippen molar-refractivity contribution in [3.8, 4) is 0 Å². The third kappa shape index (κ3) is 7.58. The van der Waals surface area contributed by atoms with E-state index < -0.39 is 10.2 Å². The molecule has 0 spiro atoms. The molecule has 0 aromatic carbocycles. The zero-order valence-corrected chi connectivity index (χ0v) is 14.7. The van der Waals surface area contributed by atoms with Gasteiger partial charge in [0.25, 0.3) is 10.2 Å². The molecule has 0 aromatic heterocycles. The molecule has 1 aliphatic carbocycles. The van der Waals surface area contributed by atoms with Gasteiger partial charge in [-0.15, -0.1) is 0 Å². The molecule has 2 N–H and O–H groups in total. The molecule has 21 heavy (non-hydrogen) atoms. The van der Waals surface area contributed by atoms with Gasteiger partial charge in [-0.05, 0) is 37.8 Å². The molecule has 1 aliphatic rings. The number of rotatable bonds is 10. The highest BCUT2D eigenvalue weighted by Crippen LogP contribution is 2.29. The first-order valence-corrected chi connectivity index (χ1v) is 9.81. The van der Waals surface area contributed by atoms with Gasteiger partial charge in [0.05, 0.1) is 0 Å². The molecule has 0 saturated heterocycles. The van der Waals surface area contributed by atoms with Crippen molar-refractivity contribution in [3.63, 3.8) is 0 Å². The van der Waals surface area contributed by atoms with Crippen molar-refractivity contribution in [1.29, 1.82) is 0 Å². The number of nitrogens with one attached hydrogen (secondary N) is 2. The summed E-state index contributed by atoms with van der Waals surface area (Å²) in [6.45, 7) is 7.27. The van der Waals surface area contributed by atoms with Gasteiger partial charge in [-0.25, -0.2) is 4.72 Å². The van der Waals surface area contributed by atoms with Crippen molar-refractivity contribution in [2.24, 2.45) is 11.8 Å². The van der Waals surface area contributed by atoms with Gasteiger partial charge >= 0.3 is 0 Å². The largest absolute Gasteiger partial charge is 0.317 e. The van der Waals surface area contributed by atoms with E-state index in [1.165, 1.54) is 30.0 Å². The zero-order valence-electron chi connectivity index (χ0n) is 13.9. The summed E-state index contributed by atoms with van der Waals surface area (Å²) in [7, 11) is -1.65. The van der Waals surface area contributed by atoms with Crippen LogP contribution in [0.2, 0.25) is 0 Å². The van der Waals surface area contributed by atoms with Crippen LogP contribution in [0.4, 0.5) is 0 Å². The topological polar surface area (TPSA) is 61.4 Å². The van der Waals surface area contributed by atoms with Crippen molar-refractivity contribution in [2.75, 3.05) is 33.2 Å². The van der Waals surface area contributed by atoms with Crippen LogP contribution in [0, 0.1) is 11.8 Å². The molecular formula is C15H33N3O2S. The van der Waals surface area contributed by atoms with Crippen LogP contribution in [-0.2, 0) is 10.2 Å². The lowest BCUT2D eigenvalue weighted by atomic mass is 9.81. The zero-order chi connectivity index (χ0) is 15.7. The first-order chi connectivity index (χ1) is 9.95. The van der Waals surface area contributed by atoms with Gasteiger partial charge < -0.3 is 5.32 Å². The fourth-order valence-electron chi connectivity index (χ4n) is 2.84. The van der Waals surface area contributed by atoms with E-state index in [0.717, 1.165) is 31.8 Å². The van der Waals surface area contributed by atoms with Crippen LogP contribution in [0.25, 0.3) is 0 Å². The lowest BCUT2D eigenvalue weighted by Crippen LogP contribution is -2.40. The van der Waals surface area contributed by atoms with Crippen LogP contribution in [0.1, 0.15) is 52.4 Å². The highest BCUT2D eigenvalue weighted by Gasteiger charge is 2.20. The van der Waals surface area contributed by atoms with Crippen LogP contribution < -0.4 is 10.0 Å². The van der Waals surface area contributed by atoms with Gasteiger partial charge in [0.2, 0.25) is 0 Å². The molecule has 1 saturated carbocycles. The Labute approximate surface area is 131 Å². The average molecular weight is 320 g/mol. The lowest BCUT2D eigenvalue weighted by molar-refractivity contribution is 0.278. The monoisotopic (exact) mass is 319 g/mol. The van der Waals surface area contributed by atoms with Crippen molar-refractivity contribution in [3.05, 3.63) is 0 Å². The van der Waals surface area contributed by atoms with Crippen molar-refractivity contribution >= 4 is 10.2 Å². The summed E-state index contributed by atoms with van der Waals surface area (Å²) in [5.41, 5.74) is 0. The number of nitrogens with zero attached hydrogens (tertiary/aromatic N) is 1. The molecule has 0 aromatic rings. The Hall–Kier alpha value is -0.170. The predicted molar refractivity (Wildman–Crippen MR) is 88.5 cm³/mol. The second-order valence-electron chi connectivity index (χ2n) is 6.34. The van der Waals surface area contributed by atoms with E-state index in [1.54, 1.807) is 7.05 Å². The maximum Gasteiger partial charge on any atom is 0.279 e. The molecule has 0 bridgehead atoms. The summed E-state index contributed by atoms with van der Waals surface area (Å²) in [5, 5.41) is 3.20. The summed E-state index contributed by atoms with van der Waals surface area (Å²) in [5.74, 6) is 1.55. The fraction of sp³-hybridized carbons (Fsp3) is 1.00. The summed E-state index contributed by atoms with van der Waals surface area (Å²) in [6.07, 6.45) is 6.90. The Balaban J connectivity index is 2.19. The van der Waals surface area contributed by atoms with E-state index in [1.807, 2.05) is 6.92 Å². The smallest absolute Gasteiger partial charge is 0.279 e. The van der Waals surface area contributed by atoms with Crippen LogP contribution in [0.3, 0.4) is 0 Å². The minimum absolute atomic E-state index is 0.559. The van der Waals surface area contributed by atoms with Crippen LogP contribution >= 0.6 is 0 Å². The number of hydrogen-bond acceptors (Lipinski definition) is 3. The van der Waals surface area contributed by atoms with Crippen LogP contribution in [-0.4, -0.2) is 45.9 Å². The second kappa shape index (κ2) is 9.77. The van der Waals surface area contributed by atoms with Crippen molar-refractivity contribution in [2.45, 2.75) is 52.4 Å². The molecule has 0 atom stereocenters. The van der Waals surface area contributed by atoms with E-state index in [2.05, 4.69) is 17.0 Å². The fourth-order valence-corrected chi connectivity index (χ4v) is 3.81. The maximum absolute atomic E-state index is 12.1. The summed E-state index contributed by atoms with van der Waals surface area (Å²) in [4.78, 5) is 0. The summed E-state index contributed by atoms with van der Waals surface area (Å²) < 4.78 is 28.3. The quantitative estimate of drug-likeness (QED) is 0.605. The number of hydrogen-bond donors (Lipinski definition) is 2. The predicted octanol–water partition coefficient (Wildman–Crippen LogP) is 1.97. The van der Waals surface area contributed by atoms with Crippen molar-refractivity contribution in [1.82, 2.24) is 14.3 Å². The first kappa shape index (κ1) is 18.9. The SMILES string of the molecule is CCNCCCN(C)S(=O)(=O)NCCC1CCC(C)CC1. The summed E-state index contributed by atoms with van der Waals surface area (Å²) >= 11 is 0. The van der Waals surface area contributed by atoms with Gasteiger partial charge in [0.15, 0.2) is 0 Å². The summed E-state index contributed by atoms with van der Waals surface area (Å²) in [6, 6.07) is 0. The Morgan fingerprint density at radius 2 is 1.81 bits per heavy atom.